The Labute approximate surface area is 245 Å². The SMILES string of the molecule is Brc1cccc(-c2cc3cc4ccc([nH]4)c(Br)c4nc(c(Br)c5nc(c(Br)c2[nH]3)C=C5)C=C4)c1.[Fe]. The standard InChI is InChI=1S/C26H14Br4N4.Fe/c27-14-3-1-2-13(10-14)17-12-16-11-15-4-5-18(31-15)23(28)19-6-7-20(33-19)24(29)21-8-9-22(34-21)25(30)26(17)32-16;/h1-12,31-32H;. The van der Waals surface area contributed by atoms with E-state index in [1.807, 2.05) is 42.5 Å². The second-order valence-electron chi connectivity index (χ2n) is 7.87. The number of nitrogens with zero attached hydrogens (tertiary/aromatic N) is 2. The third kappa shape index (κ3) is 4.70. The van der Waals surface area contributed by atoms with Gasteiger partial charge in [-0.2, -0.15) is 0 Å². The van der Waals surface area contributed by atoms with Crippen molar-refractivity contribution in [3.05, 3.63) is 89.2 Å². The molecule has 0 unspecified atom stereocenters. The van der Waals surface area contributed by atoms with Crippen molar-refractivity contribution >= 4 is 110 Å². The first-order chi connectivity index (χ1) is 16.5. The third-order valence-electron chi connectivity index (χ3n) is 5.63. The molecular weight excluding hydrogens is 744 g/mol. The Balaban J connectivity index is 0.00000253. The van der Waals surface area contributed by atoms with E-state index in [0.717, 1.165) is 73.9 Å². The van der Waals surface area contributed by atoms with Crippen molar-refractivity contribution in [3.63, 3.8) is 0 Å². The summed E-state index contributed by atoms with van der Waals surface area (Å²) in [7, 11) is 0. The minimum absolute atomic E-state index is 0. The molecule has 174 valence electrons. The summed E-state index contributed by atoms with van der Waals surface area (Å²) in [6.07, 6.45) is 7.99. The van der Waals surface area contributed by atoms with Gasteiger partial charge in [0.05, 0.1) is 47.2 Å². The van der Waals surface area contributed by atoms with Crippen molar-refractivity contribution in [3.8, 4) is 11.1 Å². The van der Waals surface area contributed by atoms with E-state index < -0.39 is 0 Å². The molecule has 2 aliphatic heterocycles. The molecule has 0 saturated carbocycles. The van der Waals surface area contributed by atoms with E-state index in [1.54, 1.807) is 0 Å². The topological polar surface area (TPSA) is 57.4 Å². The Morgan fingerprint density at radius 3 is 1.94 bits per heavy atom. The minimum Gasteiger partial charge on any atom is -0.354 e. The maximum Gasteiger partial charge on any atom is 0.0802 e. The number of hydrogen-bond donors (Lipinski definition) is 2. The molecule has 0 spiro atoms. The van der Waals surface area contributed by atoms with Crippen LogP contribution in [0.5, 0.6) is 0 Å². The van der Waals surface area contributed by atoms with Crippen molar-refractivity contribution < 1.29 is 17.1 Å². The summed E-state index contributed by atoms with van der Waals surface area (Å²) in [5.41, 5.74) is 9.41. The van der Waals surface area contributed by atoms with E-state index in [4.69, 9.17) is 9.97 Å². The largest absolute Gasteiger partial charge is 0.354 e. The zero-order valence-electron chi connectivity index (χ0n) is 17.7. The van der Waals surface area contributed by atoms with Crippen LogP contribution < -0.4 is 0 Å². The fraction of sp³-hybridized carbons (Fsp3) is 0. The predicted molar refractivity (Wildman–Crippen MR) is 155 cm³/mol. The number of fused-ring (bicyclic) bond motifs is 8. The Kier molecular flexibility index (Phi) is 7.09. The van der Waals surface area contributed by atoms with Crippen molar-refractivity contribution in [2.24, 2.45) is 0 Å². The summed E-state index contributed by atoms with van der Waals surface area (Å²) in [5, 5.41) is 0. The van der Waals surface area contributed by atoms with Crippen LogP contribution in [0, 0.1) is 0 Å². The monoisotopic (exact) mass is 754 g/mol. The van der Waals surface area contributed by atoms with Gasteiger partial charge in [-0.3, -0.25) is 0 Å². The molecule has 6 rings (SSSR count). The van der Waals surface area contributed by atoms with Crippen LogP contribution in [0.3, 0.4) is 0 Å². The first kappa shape index (κ1) is 24.9. The summed E-state index contributed by atoms with van der Waals surface area (Å²) in [6, 6.07) is 16.7. The minimum atomic E-state index is 0. The van der Waals surface area contributed by atoms with Gasteiger partial charge in [0.15, 0.2) is 0 Å². The molecule has 0 amide bonds. The normalized spacial score (nSPS) is 12.1. The van der Waals surface area contributed by atoms with Crippen LogP contribution in [-0.4, -0.2) is 19.9 Å². The van der Waals surface area contributed by atoms with Gasteiger partial charge in [-0.15, -0.1) is 0 Å². The van der Waals surface area contributed by atoms with Gasteiger partial charge < -0.3 is 9.97 Å². The van der Waals surface area contributed by atoms with Gasteiger partial charge in [-0.25, -0.2) is 9.97 Å². The van der Waals surface area contributed by atoms with Crippen molar-refractivity contribution in [1.29, 1.82) is 0 Å². The molecule has 2 N–H and O–H groups in total. The van der Waals surface area contributed by atoms with Crippen molar-refractivity contribution in [1.82, 2.24) is 19.9 Å². The van der Waals surface area contributed by atoms with E-state index in [-0.39, 0.29) is 17.1 Å². The molecule has 35 heavy (non-hydrogen) atoms. The molecule has 0 fully saturated rings. The van der Waals surface area contributed by atoms with Crippen LogP contribution in [0.25, 0.3) is 57.5 Å². The average Bonchev–Trinajstić information content (AvgIpc) is 3.64. The molecule has 9 heteroatoms. The fourth-order valence-electron chi connectivity index (χ4n) is 4.01. The Morgan fingerprint density at radius 1 is 0.600 bits per heavy atom. The van der Waals surface area contributed by atoms with Crippen LogP contribution in [0.2, 0.25) is 0 Å². The van der Waals surface area contributed by atoms with E-state index in [9.17, 15) is 0 Å². The predicted octanol–water partition coefficient (Wildman–Crippen LogP) is 9.37. The number of aromatic nitrogens is 4. The molecule has 3 aromatic heterocycles. The number of benzene rings is 1. The number of H-pyrrole nitrogens is 2. The van der Waals surface area contributed by atoms with E-state index in [1.165, 1.54) is 0 Å². The second-order valence-corrected chi connectivity index (χ2v) is 11.2. The average molecular weight is 758 g/mol. The third-order valence-corrected chi connectivity index (χ3v) is 8.57. The summed E-state index contributed by atoms with van der Waals surface area (Å²) >= 11 is 14.9. The van der Waals surface area contributed by atoms with Gasteiger partial charge in [0.1, 0.15) is 0 Å². The van der Waals surface area contributed by atoms with Crippen molar-refractivity contribution in [2.75, 3.05) is 0 Å². The van der Waals surface area contributed by atoms with Crippen LogP contribution in [0.4, 0.5) is 0 Å². The van der Waals surface area contributed by atoms with Gasteiger partial charge in [0.25, 0.3) is 0 Å². The van der Waals surface area contributed by atoms with Gasteiger partial charge in [-0.1, -0.05) is 28.1 Å². The summed E-state index contributed by atoms with van der Waals surface area (Å²) in [6.45, 7) is 0. The Bertz CT molecular complexity index is 1720. The van der Waals surface area contributed by atoms with Gasteiger partial charge in [-0.05, 0) is 114 Å². The number of nitrogens with one attached hydrogen (secondary N) is 2. The fourth-order valence-corrected chi connectivity index (χ4v) is 5.84. The second kappa shape index (κ2) is 9.96. The van der Waals surface area contributed by atoms with Crippen LogP contribution in [-0.2, 0) is 17.1 Å². The summed E-state index contributed by atoms with van der Waals surface area (Å²) in [5.74, 6) is 0. The Hall–Kier alpha value is -1.74. The zero-order valence-corrected chi connectivity index (χ0v) is 25.1. The molecule has 0 radical (unpaired) electrons. The zero-order chi connectivity index (χ0) is 23.4. The molecular formula is C26H14Br4FeN4. The number of halogens is 4. The van der Waals surface area contributed by atoms with E-state index in [0.29, 0.717) is 0 Å². The summed E-state index contributed by atoms with van der Waals surface area (Å²) < 4.78 is 3.66. The molecule has 0 atom stereocenters. The van der Waals surface area contributed by atoms with Gasteiger partial charge in [0.2, 0.25) is 0 Å². The molecule has 0 saturated heterocycles. The van der Waals surface area contributed by atoms with Gasteiger partial charge in [0, 0.05) is 38.1 Å². The van der Waals surface area contributed by atoms with Crippen LogP contribution >= 0.6 is 63.7 Å². The van der Waals surface area contributed by atoms with Gasteiger partial charge >= 0.3 is 0 Å². The number of rotatable bonds is 1. The Morgan fingerprint density at radius 2 is 1.26 bits per heavy atom. The molecule has 1 aromatic carbocycles. The maximum atomic E-state index is 4.88. The van der Waals surface area contributed by atoms with E-state index in [2.05, 4.69) is 104 Å². The molecule has 2 aliphatic rings. The number of hydrogen-bond acceptors (Lipinski definition) is 2. The van der Waals surface area contributed by atoms with Crippen LogP contribution in [0.15, 0.2) is 66.4 Å². The quantitative estimate of drug-likeness (QED) is 0.164. The first-order valence-electron chi connectivity index (χ1n) is 10.4. The van der Waals surface area contributed by atoms with Crippen molar-refractivity contribution in [2.45, 2.75) is 0 Å². The smallest absolute Gasteiger partial charge is 0.0802 e. The molecule has 4 nitrogen and oxygen atoms in total. The van der Waals surface area contributed by atoms with Crippen LogP contribution in [0.1, 0.15) is 22.8 Å². The molecule has 0 aliphatic carbocycles. The first-order valence-corrected chi connectivity index (χ1v) is 13.5. The molecule has 8 bridgehead atoms. The molecule has 4 aromatic rings. The van der Waals surface area contributed by atoms with E-state index >= 15 is 0 Å². The maximum absolute atomic E-state index is 4.88. The number of aromatic amines is 2. The molecule has 5 heterocycles. The summed E-state index contributed by atoms with van der Waals surface area (Å²) in [4.78, 5) is 16.7.